The Kier molecular flexibility index (Phi) is 6.08. The van der Waals surface area contributed by atoms with Crippen molar-refractivity contribution in [2.45, 2.75) is 6.54 Å². The molecular weight excluding hydrogens is 392 g/mol. The van der Waals surface area contributed by atoms with E-state index in [0.29, 0.717) is 34.1 Å². The minimum atomic E-state index is -0.437. The Labute approximate surface area is 165 Å². The monoisotopic (exact) mass is 406 g/mol. The van der Waals surface area contributed by atoms with Crippen LogP contribution < -0.4 is 10.2 Å². The number of nitro benzene ring substituents is 1. The third-order valence-electron chi connectivity index (χ3n) is 3.69. The number of hydrogen-bond acceptors (Lipinski definition) is 4. The van der Waals surface area contributed by atoms with Crippen LogP contribution in [0.25, 0.3) is 0 Å². The lowest BCUT2D eigenvalue weighted by Crippen LogP contribution is -2.27. The number of halogens is 1. The first-order valence-corrected chi connectivity index (χ1v) is 9.56. The van der Waals surface area contributed by atoms with Gasteiger partial charge in [0, 0.05) is 29.9 Å². The van der Waals surface area contributed by atoms with Crippen LogP contribution in [-0.4, -0.2) is 27.5 Å². The van der Waals surface area contributed by atoms with Gasteiger partial charge in [0.25, 0.3) is 5.69 Å². The molecule has 0 amide bonds. The molecule has 0 spiro atoms. The summed E-state index contributed by atoms with van der Waals surface area (Å²) in [7, 11) is 0. The summed E-state index contributed by atoms with van der Waals surface area (Å²) in [5.74, 6) is 0.778. The third kappa shape index (κ3) is 4.51. The SMILES string of the molecule is O=[N+]([O-])c1cc(Cl)ccc1N1CCSC1=NC(=S)NCc1ccccc1. The summed E-state index contributed by atoms with van der Waals surface area (Å²) in [6.45, 7) is 1.19. The molecule has 1 saturated heterocycles. The summed E-state index contributed by atoms with van der Waals surface area (Å²) in [6, 6.07) is 14.5. The molecule has 9 heteroatoms. The van der Waals surface area contributed by atoms with Gasteiger partial charge in [-0.1, -0.05) is 53.7 Å². The quantitative estimate of drug-likeness (QED) is 0.465. The highest BCUT2D eigenvalue weighted by atomic mass is 35.5. The molecule has 0 bridgehead atoms. The maximum Gasteiger partial charge on any atom is 0.294 e. The molecule has 1 fully saturated rings. The molecule has 0 unspecified atom stereocenters. The maximum absolute atomic E-state index is 11.4. The normalized spacial score (nSPS) is 15.3. The molecule has 26 heavy (non-hydrogen) atoms. The van der Waals surface area contributed by atoms with Crippen LogP contribution >= 0.6 is 35.6 Å². The molecule has 134 valence electrons. The van der Waals surface area contributed by atoms with Gasteiger partial charge in [0.05, 0.1) is 4.92 Å². The van der Waals surface area contributed by atoms with Gasteiger partial charge in [-0.05, 0) is 29.9 Å². The van der Waals surface area contributed by atoms with Crippen LogP contribution in [-0.2, 0) is 6.54 Å². The van der Waals surface area contributed by atoms with Gasteiger partial charge in [0.1, 0.15) is 5.69 Å². The molecule has 0 aromatic heterocycles. The van der Waals surface area contributed by atoms with Crippen LogP contribution in [0.2, 0.25) is 5.02 Å². The lowest BCUT2D eigenvalue weighted by Gasteiger charge is -2.18. The zero-order chi connectivity index (χ0) is 18.5. The van der Waals surface area contributed by atoms with Crippen LogP contribution in [0.4, 0.5) is 11.4 Å². The van der Waals surface area contributed by atoms with Crippen molar-refractivity contribution in [3.63, 3.8) is 0 Å². The summed E-state index contributed by atoms with van der Waals surface area (Å²) < 4.78 is 0. The average Bonchev–Trinajstić information content (AvgIpc) is 3.08. The van der Waals surface area contributed by atoms with Gasteiger partial charge >= 0.3 is 0 Å². The average molecular weight is 407 g/mol. The number of anilines is 1. The Morgan fingerprint density at radius 1 is 1.35 bits per heavy atom. The first kappa shape index (κ1) is 18.6. The highest BCUT2D eigenvalue weighted by molar-refractivity contribution is 8.14. The highest BCUT2D eigenvalue weighted by Gasteiger charge is 2.28. The van der Waals surface area contributed by atoms with E-state index in [4.69, 9.17) is 23.8 Å². The lowest BCUT2D eigenvalue weighted by atomic mass is 10.2. The molecule has 1 aliphatic rings. The van der Waals surface area contributed by atoms with Crippen LogP contribution in [0.3, 0.4) is 0 Å². The van der Waals surface area contributed by atoms with Crippen LogP contribution in [0, 0.1) is 10.1 Å². The predicted octanol–water partition coefficient (Wildman–Crippen LogP) is 4.23. The van der Waals surface area contributed by atoms with Gasteiger partial charge < -0.3 is 10.2 Å². The Bertz CT molecular complexity index is 861. The van der Waals surface area contributed by atoms with Crippen molar-refractivity contribution in [1.29, 1.82) is 0 Å². The Morgan fingerprint density at radius 2 is 2.12 bits per heavy atom. The Morgan fingerprint density at radius 3 is 2.85 bits per heavy atom. The number of aliphatic imine (C=N–C) groups is 1. The predicted molar refractivity (Wildman–Crippen MR) is 111 cm³/mol. The molecule has 2 aromatic rings. The van der Waals surface area contributed by atoms with E-state index in [0.717, 1.165) is 11.3 Å². The Balaban J connectivity index is 1.76. The molecule has 6 nitrogen and oxygen atoms in total. The fraction of sp³-hybridized carbons (Fsp3) is 0.176. The van der Waals surface area contributed by atoms with E-state index in [1.165, 1.54) is 17.8 Å². The third-order valence-corrected chi connectivity index (χ3v) is 5.11. The van der Waals surface area contributed by atoms with E-state index in [1.807, 2.05) is 30.3 Å². The number of nitro groups is 1. The zero-order valence-corrected chi connectivity index (χ0v) is 16.0. The maximum atomic E-state index is 11.4. The number of thioether (sulfide) groups is 1. The van der Waals surface area contributed by atoms with Crippen LogP contribution in [0.1, 0.15) is 5.56 Å². The van der Waals surface area contributed by atoms with Gasteiger partial charge in [-0.3, -0.25) is 10.1 Å². The van der Waals surface area contributed by atoms with Crippen molar-refractivity contribution < 1.29 is 4.92 Å². The second-order valence-electron chi connectivity index (χ2n) is 5.43. The summed E-state index contributed by atoms with van der Waals surface area (Å²) >= 11 is 12.7. The molecule has 3 rings (SSSR count). The molecule has 0 saturated carbocycles. The Hall–Kier alpha value is -2.16. The van der Waals surface area contributed by atoms with Gasteiger partial charge in [0.15, 0.2) is 10.3 Å². The van der Waals surface area contributed by atoms with Crippen molar-refractivity contribution in [2.75, 3.05) is 17.2 Å². The van der Waals surface area contributed by atoms with Gasteiger partial charge in [0.2, 0.25) is 0 Å². The van der Waals surface area contributed by atoms with Gasteiger partial charge in [-0.25, -0.2) is 0 Å². The minimum absolute atomic E-state index is 0.0455. The first-order chi connectivity index (χ1) is 12.5. The van der Waals surface area contributed by atoms with E-state index in [1.54, 1.807) is 17.0 Å². The largest absolute Gasteiger partial charge is 0.357 e. The number of thiocarbonyl (C=S) groups is 1. The molecule has 1 aliphatic heterocycles. The van der Waals surface area contributed by atoms with E-state index >= 15 is 0 Å². The number of nitrogens with one attached hydrogen (secondary N) is 1. The molecule has 0 atom stereocenters. The highest BCUT2D eigenvalue weighted by Crippen LogP contribution is 2.35. The fourth-order valence-electron chi connectivity index (χ4n) is 2.49. The topological polar surface area (TPSA) is 70.8 Å². The van der Waals surface area contributed by atoms with Crippen molar-refractivity contribution in [3.8, 4) is 0 Å². The molecule has 0 radical (unpaired) electrons. The fourth-order valence-corrected chi connectivity index (χ4v) is 3.83. The molecule has 1 N–H and O–H groups in total. The summed E-state index contributed by atoms with van der Waals surface area (Å²) in [4.78, 5) is 17.2. The van der Waals surface area contributed by atoms with Crippen molar-refractivity contribution in [3.05, 3.63) is 69.2 Å². The van der Waals surface area contributed by atoms with Crippen molar-refractivity contribution in [1.82, 2.24) is 5.32 Å². The first-order valence-electron chi connectivity index (χ1n) is 7.79. The van der Waals surface area contributed by atoms with Crippen LogP contribution in [0.15, 0.2) is 53.5 Å². The molecular formula is C17H15ClN4O2S2. The summed E-state index contributed by atoms with van der Waals surface area (Å²) in [5.41, 5.74) is 1.52. The summed E-state index contributed by atoms with van der Waals surface area (Å²) in [6.07, 6.45) is 0. The minimum Gasteiger partial charge on any atom is -0.357 e. The van der Waals surface area contributed by atoms with Crippen molar-refractivity contribution in [2.24, 2.45) is 4.99 Å². The lowest BCUT2D eigenvalue weighted by molar-refractivity contribution is -0.384. The second-order valence-corrected chi connectivity index (χ2v) is 7.31. The number of hydrogen-bond donors (Lipinski definition) is 1. The van der Waals surface area contributed by atoms with Crippen LogP contribution in [0.5, 0.6) is 0 Å². The van der Waals surface area contributed by atoms with Gasteiger partial charge in [-0.2, -0.15) is 4.99 Å². The number of amidine groups is 1. The number of rotatable bonds is 4. The molecule has 1 heterocycles. The number of nitrogens with zero attached hydrogens (tertiary/aromatic N) is 3. The molecule has 2 aromatic carbocycles. The van der Waals surface area contributed by atoms with E-state index in [2.05, 4.69) is 10.3 Å². The van der Waals surface area contributed by atoms with E-state index in [9.17, 15) is 10.1 Å². The second kappa shape index (κ2) is 8.48. The number of benzene rings is 2. The molecule has 0 aliphatic carbocycles. The van der Waals surface area contributed by atoms with E-state index in [-0.39, 0.29) is 5.69 Å². The van der Waals surface area contributed by atoms with Crippen molar-refractivity contribution >= 4 is 57.2 Å². The standard InChI is InChI=1S/C17H15ClN4O2S2/c18-13-6-7-14(15(10-13)22(23)24)21-8-9-26-17(21)20-16(25)19-11-12-4-2-1-3-5-12/h1-7,10H,8-9,11H2,(H,19,25). The smallest absolute Gasteiger partial charge is 0.294 e. The van der Waals surface area contributed by atoms with E-state index < -0.39 is 4.92 Å². The van der Waals surface area contributed by atoms with Gasteiger partial charge in [-0.15, -0.1) is 0 Å². The summed E-state index contributed by atoms with van der Waals surface area (Å²) in [5, 5.41) is 15.8. The zero-order valence-electron chi connectivity index (χ0n) is 13.6.